The summed E-state index contributed by atoms with van der Waals surface area (Å²) in [5, 5.41) is 1.15. The molecule has 0 unspecified atom stereocenters. The first kappa shape index (κ1) is 13.1. The largest absolute Gasteiger partial charge is 0.383 e. The molecule has 0 fully saturated rings. The molecule has 4 heteroatoms. The fourth-order valence-electron chi connectivity index (χ4n) is 1.88. The summed E-state index contributed by atoms with van der Waals surface area (Å²) in [6, 6.07) is 12.2. The SMILES string of the molecule is COCCN(CCCl)c1ccc2ccccc2n1. The summed E-state index contributed by atoms with van der Waals surface area (Å²) >= 11 is 5.83. The smallest absolute Gasteiger partial charge is 0.129 e. The van der Waals surface area contributed by atoms with Crippen molar-refractivity contribution in [3.63, 3.8) is 0 Å². The van der Waals surface area contributed by atoms with E-state index in [4.69, 9.17) is 16.3 Å². The highest BCUT2D eigenvalue weighted by molar-refractivity contribution is 6.18. The molecule has 0 atom stereocenters. The number of benzene rings is 1. The predicted octanol–water partition coefficient (Wildman–Crippen LogP) is 2.93. The number of rotatable bonds is 6. The molecule has 0 spiro atoms. The first-order valence-electron chi connectivity index (χ1n) is 6.01. The van der Waals surface area contributed by atoms with Crippen LogP contribution in [0.3, 0.4) is 0 Å². The first-order chi connectivity index (χ1) is 8.85. The number of anilines is 1. The molecule has 0 aliphatic carbocycles. The minimum Gasteiger partial charge on any atom is -0.383 e. The summed E-state index contributed by atoms with van der Waals surface area (Å²) in [6.45, 7) is 2.25. The van der Waals surface area contributed by atoms with Crippen molar-refractivity contribution in [2.75, 3.05) is 37.6 Å². The molecule has 18 heavy (non-hydrogen) atoms. The quantitative estimate of drug-likeness (QED) is 0.750. The van der Waals surface area contributed by atoms with Crippen LogP contribution in [0.15, 0.2) is 36.4 Å². The van der Waals surface area contributed by atoms with Gasteiger partial charge in [-0.15, -0.1) is 11.6 Å². The van der Waals surface area contributed by atoms with Crippen LogP contribution in [0.4, 0.5) is 5.82 Å². The molecular formula is C14H17ClN2O. The number of para-hydroxylation sites is 1. The Morgan fingerprint density at radius 1 is 1.17 bits per heavy atom. The molecule has 0 saturated carbocycles. The normalized spacial score (nSPS) is 10.8. The lowest BCUT2D eigenvalue weighted by Gasteiger charge is -2.22. The molecular weight excluding hydrogens is 248 g/mol. The lowest BCUT2D eigenvalue weighted by atomic mass is 10.2. The monoisotopic (exact) mass is 264 g/mol. The molecule has 0 amide bonds. The summed E-state index contributed by atoms with van der Waals surface area (Å²) in [6.07, 6.45) is 0. The average molecular weight is 265 g/mol. The van der Waals surface area contributed by atoms with Crippen molar-refractivity contribution in [1.29, 1.82) is 0 Å². The van der Waals surface area contributed by atoms with Gasteiger partial charge in [0.2, 0.25) is 0 Å². The molecule has 2 aromatic rings. The van der Waals surface area contributed by atoms with Crippen LogP contribution in [-0.4, -0.2) is 37.7 Å². The van der Waals surface area contributed by atoms with Crippen LogP contribution in [0.2, 0.25) is 0 Å². The molecule has 2 rings (SSSR count). The Bertz CT molecular complexity index is 504. The number of nitrogens with zero attached hydrogens (tertiary/aromatic N) is 2. The Balaban J connectivity index is 2.25. The van der Waals surface area contributed by atoms with Gasteiger partial charge < -0.3 is 9.64 Å². The Kier molecular flexibility index (Phi) is 4.79. The van der Waals surface area contributed by atoms with E-state index in [-0.39, 0.29) is 0 Å². The molecule has 1 aromatic heterocycles. The summed E-state index contributed by atoms with van der Waals surface area (Å²) < 4.78 is 5.12. The van der Waals surface area contributed by atoms with Crippen molar-refractivity contribution in [2.45, 2.75) is 0 Å². The van der Waals surface area contributed by atoms with Gasteiger partial charge in [-0.3, -0.25) is 0 Å². The summed E-state index contributed by atoms with van der Waals surface area (Å²) in [4.78, 5) is 6.80. The maximum atomic E-state index is 5.83. The third-order valence-corrected chi connectivity index (χ3v) is 3.00. The second kappa shape index (κ2) is 6.57. The minimum atomic E-state index is 0.582. The van der Waals surface area contributed by atoms with Crippen molar-refractivity contribution in [2.24, 2.45) is 0 Å². The van der Waals surface area contributed by atoms with Crippen LogP contribution >= 0.6 is 11.6 Å². The van der Waals surface area contributed by atoms with E-state index in [9.17, 15) is 0 Å². The molecule has 1 aromatic carbocycles. The highest BCUT2D eigenvalue weighted by Crippen LogP contribution is 2.17. The van der Waals surface area contributed by atoms with E-state index in [1.165, 1.54) is 0 Å². The van der Waals surface area contributed by atoms with Gasteiger partial charge in [-0.1, -0.05) is 18.2 Å². The van der Waals surface area contributed by atoms with Gasteiger partial charge in [0, 0.05) is 31.5 Å². The van der Waals surface area contributed by atoms with E-state index in [0.717, 1.165) is 29.8 Å². The van der Waals surface area contributed by atoms with E-state index < -0.39 is 0 Å². The third-order valence-electron chi connectivity index (χ3n) is 2.83. The van der Waals surface area contributed by atoms with Crippen LogP contribution in [0.25, 0.3) is 10.9 Å². The number of hydrogen-bond donors (Lipinski definition) is 0. The maximum absolute atomic E-state index is 5.83. The van der Waals surface area contributed by atoms with E-state index >= 15 is 0 Å². The number of alkyl halides is 1. The average Bonchev–Trinajstić information content (AvgIpc) is 2.43. The Labute approximate surface area is 112 Å². The van der Waals surface area contributed by atoms with Crippen molar-refractivity contribution in [1.82, 2.24) is 4.98 Å². The summed E-state index contributed by atoms with van der Waals surface area (Å²) in [7, 11) is 1.70. The lowest BCUT2D eigenvalue weighted by Crippen LogP contribution is -2.29. The van der Waals surface area contributed by atoms with E-state index in [1.807, 2.05) is 24.3 Å². The van der Waals surface area contributed by atoms with E-state index in [1.54, 1.807) is 7.11 Å². The second-order valence-electron chi connectivity index (χ2n) is 4.03. The topological polar surface area (TPSA) is 25.4 Å². The molecule has 3 nitrogen and oxygen atoms in total. The number of fused-ring (bicyclic) bond motifs is 1. The van der Waals surface area contributed by atoms with E-state index in [0.29, 0.717) is 12.5 Å². The highest BCUT2D eigenvalue weighted by Gasteiger charge is 2.07. The number of ether oxygens (including phenoxy) is 1. The second-order valence-corrected chi connectivity index (χ2v) is 4.41. The number of hydrogen-bond acceptors (Lipinski definition) is 3. The molecule has 1 heterocycles. The lowest BCUT2D eigenvalue weighted by molar-refractivity contribution is 0.205. The first-order valence-corrected chi connectivity index (χ1v) is 6.54. The Morgan fingerprint density at radius 2 is 2.00 bits per heavy atom. The fraction of sp³-hybridized carbons (Fsp3) is 0.357. The zero-order valence-electron chi connectivity index (χ0n) is 10.5. The van der Waals surface area contributed by atoms with Crippen molar-refractivity contribution in [3.05, 3.63) is 36.4 Å². The number of aromatic nitrogens is 1. The molecule has 0 bridgehead atoms. The van der Waals surface area contributed by atoms with Gasteiger partial charge in [0.05, 0.1) is 12.1 Å². The van der Waals surface area contributed by atoms with Crippen LogP contribution in [0, 0.1) is 0 Å². The fourth-order valence-corrected chi connectivity index (χ4v) is 2.08. The minimum absolute atomic E-state index is 0.582. The number of halogens is 1. The Morgan fingerprint density at radius 3 is 2.78 bits per heavy atom. The zero-order valence-corrected chi connectivity index (χ0v) is 11.2. The third kappa shape index (κ3) is 3.12. The van der Waals surface area contributed by atoms with E-state index in [2.05, 4.69) is 22.0 Å². The van der Waals surface area contributed by atoms with Gasteiger partial charge >= 0.3 is 0 Å². The van der Waals surface area contributed by atoms with Gasteiger partial charge in [-0.2, -0.15) is 0 Å². The van der Waals surface area contributed by atoms with Crippen LogP contribution in [0.5, 0.6) is 0 Å². The van der Waals surface area contributed by atoms with Crippen LogP contribution in [-0.2, 0) is 4.74 Å². The van der Waals surface area contributed by atoms with Gasteiger partial charge in [-0.05, 0) is 18.2 Å². The van der Waals surface area contributed by atoms with Crippen molar-refractivity contribution >= 4 is 28.3 Å². The summed E-state index contributed by atoms with van der Waals surface area (Å²) in [5.74, 6) is 1.53. The van der Waals surface area contributed by atoms with Crippen LogP contribution < -0.4 is 4.90 Å². The highest BCUT2D eigenvalue weighted by atomic mass is 35.5. The molecule has 0 aliphatic rings. The molecule has 0 radical (unpaired) electrons. The molecule has 0 aliphatic heterocycles. The molecule has 96 valence electrons. The maximum Gasteiger partial charge on any atom is 0.129 e. The zero-order chi connectivity index (χ0) is 12.8. The number of methoxy groups -OCH3 is 1. The molecule has 0 saturated heterocycles. The van der Waals surface area contributed by atoms with Gasteiger partial charge in [-0.25, -0.2) is 4.98 Å². The van der Waals surface area contributed by atoms with Gasteiger partial charge in [0.25, 0.3) is 0 Å². The summed E-state index contributed by atoms with van der Waals surface area (Å²) in [5.41, 5.74) is 1.01. The standard InChI is InChI=1S/C14H17ClN2O/c1-18-11-10-17(9-8-15)14-7-6-12-4-2-3-5-13(12)16-14/h2-7H,8-11H2,1H3. The van der Waals surface area contributed by atoms with Crippen molar-refractivity contribution < 1.29 is 4.74 Å². The van der Waals surface area contributed by atoms with Gasteiger partial charge in [0.15, 0.2) is 0 Å². The Hall–Kier alpha value is -1.32. The van der Waals surface area contributed by atoms with Crippen molar-refractivity contribution in [3.8, 4) is 0 Å². The predicted molar refractivity (Wildman–Crippen MR) is 76.6 cm³/mol. The number of pyridine rings is 1. The van der Waals surface area contributed by atoms with Crippen LogP contribution in [0.1, 0.15) is 0 Å². The van der Waals surface area contributed by atoms with Gasteiger partial charge in [0.1, 0.15) is 5.82 Å². The molecule has 0 N–H and O–H groups in total.